The lowest BCUT2D eigenvalue weighted by Gasteiger charge is -2.20. The number of aliphatic hydroxyl groups is 2. The third-order valence-corrected chi connectivity index (χ3v) is 3.59. The van der Waals surface area contributed by atoms with E-state index in [-0.39, 0.29) is 12.0 Å². The van der Waals surface area contributed by atoms with Gasteiger partial charge in [-0.3, -0.25) is 24.6 Å². The van der Waals surface area contributed by atoms with Gasteiger partial charge in [-0.05, 0) is 0 Å². The Hall–Kier alpha value is -2.05. The van der Waals surface area contributed by atoms with E-state index in [1.807, 2.05) is 5.43 Å². The molecule has 0 saturated carbocycles. The summed E-state index contributed by atoms with van der Waals surface area (Å²) >= 11 is 0. The fourth-order valence-electron chi connectivity index (χ4n) is 2.41. The Kier molecular flexibility index (Phi) is 5.28. The summed E-state index contributed by atoms with van der Waals surface area (Å²) in [5.41, 5.74) is 0.323. The number of rotatable bonds is 5. The number of hydrogen-bond donors (Lipinski definition) is 5. The summed E-state index contributed by atoms with van der Waals surface area (Å²) in [6, 6.07) is 0. The molecule has 23 heavy (non-hydrogen) atoms. The van der Waals surface area contributed by atoms with E-state index in [1.165, 1.54) is 7.11 Å². The molecule has 11 heteroatoms. The molecule has 2 rings (SSSR count). The maximum atomic E-state index is 12.0. The lowest BCUT2D eigenvalue weighted by Crippen LogP contribution is -2.41. The summed E-state index contributed by atoms with van der Waals surface area (Å²) in [5, 5.41) is 19.2. The van der Waals surface area contributed by atoms with E-state index in [1.54, 1.807) is 0 Å². The SMILES string of the molecule is CO[C@@H]1[C@H](O)[C@@H](CO)O[C@H]1n1cc(CC(=O)NN)c(=O)[nH]c1=O. The summed E-state index contributed by atoms with van der Waals surface area (Å²) < 4.78 is 11.5. The molecule has 1 aliphatic heterocycles. The zero-order valence-electron chi connectivity index (χ0n) is 12.3. The van der Waals surface area contributed by atoms with Crippen molar-refractivity contribution in [3.05, 3.63) is 32.6 Å². The van der Waals surface area contributed by atoms with E-state index >= 15 is 0 Å². The second-order valence-electron chi connectivity index (χ2n) is 5.00. The molecule has 2 heterocycles. The average molecular weight is 330 g/mol. The summed E-state index contributed by atoms with van der Waals surface area (Å²) in [5.74, 6) is 4.35. The highest BCUT2D eigenvalue weighted by Gasteiger charge is 2.45. The van der Waals surface area contributed by atoms with Crippen molar-refractivity contribution in [2.45, 2.75) is 31.0 Å². The predicted octanol–water partition coefficient (Wildman–Crippen LogP) is -3.67. The van der Waals surface area contributed by atoms with Crippen molar-refractivity contribution in [1.29, 1.82) is 0 Å². The molecular weight excluding hydrogens is 312 g/mol. The highest BCUT2D eigenvalue weighted by molar-refractivity contribution is 5.77. The van der Waals surface area contributed by atoms with Gasteiger partial charge in [0.25, 0.3) is 5.56 Å². The quantitative estimate of drug-likeness (QED) is 0.209. The molecule has 1 fully saturated rings. The van der Waals surface area contributed by atoms with Gasteiger partial charge in [0.2, 0.25) is 5.91 Å². The number of nitrogens with zero attached hydrogens (tertiary/aromatic N) is 1. The summed E-state index contributed by atoms with van der Waals surface area (Å²) in [6.45, 7) is -0.474. The van der Waals surface area contributed by atoms with Crippen molar-refractivity contribution < 1.29 is 24.5 Å². The number of H-pyrrole nitrogens is 1. The fourth-order valence-corrected chi connectivity index (χ4v) is 2.41. The van der Waals surface area contributed by atoms with Gasteiger partial charge in [-0.2, -0.15) is 0 Å². The second-order valence-corrected chi connectivity index (χ2v) is 5.00. The Morgan fingerprint density at radius 1 is 1.57 bits per heavy atom. The monoisotopic (exact) mass is 330 g/mol. The molecule has 11 nitrogen and oxygen atoms in total. The van der Waals surface area contributed by atoms with Crippen molar-refractivity contribution >= 4 is 5.91 Å². The number of amides is 1. The third-order valence-electron chi connectivity index (χ3n) is 3.59. The molecule has 0 spiro atoms. The van der Waals surface area contributed by atoms with E-state index in [2.05, 4.69) is 4.98 Å². The molecule has 0 unspecified atom stereocenters. The van der Waals surface area contributed by atoms with Gasteiger partial charge in [-0.1, -0.05) is 0 Å². The molecule has 1 amide bonds. The zero-order valence-corrected chi connectivity index (χ0v) is 12.3. The summed E-state index contributed by atoms with van der Waals surface area (Å²) in [7, 11) is 1.31. The number of aromatic nitrogens is 2. The highest BCUT2D eigenvalue weighted by atomic mass is 16.6. The number of hydrazine groups is 1. The number of aliphatic hydroxyl groups excluding tert-OH is 2. The lowest BCUT2D eigenvalue weighted by atomic mass is 10.1. The van der Waals surface area contributed by atoms with Crippen LogP contribution in [0, 0.1) is 0 Å². The molecule has 0 bridgehead atoms. The third kappa shape index (κ3) is 3.33. The van der Waals surface area contributed by atoms with Gasteiger partial charge in [0.05, 0.1) is 13.0 Å². The Morgan fingerprint density at radius 3 is 2.83 bits per heavy atom. The molecule has 6 N–H and O–H groups in total. The van der Waals surface area contributed by atoms with Crippen molar-refractivity contribution in [2.24, 2.45) is 5.84 Å². The van der Waals surface area contributed by atoms with Crippen LogP contribution in [-0.4, -0.2) is 57.7 Å². The smallest absolute Gasteiger partial charge is 0.330 e. The van der Waals surface area contributed by atoms with Crippen LogP contribution in [0.5, 0.6) is 0 Å². The number of carbonyl (C=O) groups excluding carboxylic acids is 1. The predicted molar refractivity (Wildman–Crippen MR) is 75.2 cm³/mol. The first-order valence-corrected chi connectivity index (χ1v) is 6.73. The Labute approximate surface area is 129 Å². The van der Waals surface area contributed by atoms with Crippen molar-refractivity contribution in [1.82, 2.24) is 15.0 Å². The van der Waals surface area contributed by atoms with E-state index in [0.29, 0.717) is 0 Å². The molecule has 1 saturated heterocycles. The van der Waals surface area contributed by atoms with Crippen LogP contribution in [0.1, 0.15) is 11.8 Å². The Balaban J connectivity index is 2.42. The number of hydrogen-bond acceptors (Lipinski definition) is 8. The number of nitrogens with one attached hydrogen (secondary N) is 2. The highest BCUT2D eigenvalue weighted by Crippen LogP contribution is 2.30. The largest absolute Gasteiger partial charge is 0.394 e. The number of aromatic amines is 1. The molecular formula is C12H18N4O7. The first-order chi connectivity index (χ1) is 10.9. The van der Waals surface area contributed by atoms with Gasteiger partial charge >= 0.3 is 5.69 Å². The fraction of sp³-hybridized carbons (Fsp3) is 0.583. The zero-order chi connectivity index (χ0) is 17.1. The standard InChI is InChI=1S/C12H18N4O7/c1-22-9-8(19)6(4-17)23-11(9)16-3-5(2-7(18)15-13)10(20)14-12(16)21/h3,6,8-9,11,17,19H,2,4,13H2,1H3,(H,15,18)(H,14,20,21)/t6-,8-,9-,11-/m1/s1. The topological polar surface area (TPSA) is 169 Å². The van der Waals surface area contributed by atoms with Crippen LogP contribution in [0.2, 0.25) is 0 Å². The first-order valence-electron chi connectivity index (χ1n) is 6.73. The van der Waals surface area contributed by atoms with Crippen molar-refractivity contribution in [3.8, 4) is 0 Å². The van der Waals surface area contributed by atoms with Crippen LogP contribution in [-0.2, 0) is 20.7 Å². The minimum Gasteiger partial charge on any atom is -0.394 e. The second kappa shape index (κ2) is 7.02. The maximum Gasteiger partial charge on any atom is 0.330 e. The summed E-state index contributed by atoms with van der Waals surface area (Å²) in [4.78, 5) is 37.1. The molecule has 1 aromatic rings. The van der Waals surface area contributed by atoms with Gasteiger partial charge in [0.15, 0.2) is 6.23 Å². The first kappa shape index (κ1) is 17.3. The maximum absolute atomic E-state index is 12.0. The van der Waals surface area contributed by atoms with Crippen LogP contribution in [0.25, 0.3) is 0 Å². The molecule has 1 aliphatic rings. The van der Waals surface area contributed by atoms with Crippen molar-refractivity contribution in [2.75, 3.05) is 13.7 Å². The molecule has 0 aromatic carbocycles. The van der Waals surface area contributed by atoms with Crippen molar-refractivity contribution in [3.63, 3.8) is 0 Å². The van der Waals surface area contributed by atoms with Gasteiger partial charge in [-0.15, -0.1) is 0 Å². The van der Waals surface area contributed by atoms with Gasteiger partial charge in [0, 0.05) is 18.9 Å². The molecule has 4 atom stereocenters. The van der Waals surface area contributed by atoms with Crippen LogP contribution >= 0.6 is 0 Å². The van der Waals surface area contributed by atoms with E-state index < -0.39 is 48.3 Å². The van der Waals surface area contributed by atoms with Gasteiger partial charge < -0.3 is 19.7 Å². The van der Waals surface area contributed by atoms with Crippen LogP contribution < -0.4 is 22.5 Å². The molecule has 0 aliphatic carbocycles. The number of ether oxygens (including phenoxy) is 2. The average Bonchev–Trinajstić information content (AvgIpc) is 2.85. The lowest BCUT2D eigenvalue weighted by molar-refractivity contribution is -0.120. The number of methoxy groups -OCH3 is 1. The number of nitrogens with two attached hydrogens (primary N) is 1. The number of carbonyl (C=O) groups is 1. The Bertz CT molecular complexity index is 685. The molecule has 0 radical (unpaired) electrons. The van der Waals surface area contributed by atoms with Gasteiger partial charge in [0.1, 0.15) is 18.3 Å². The van der Waals surface area contributed by atoms with E-state index in [4.69, 9.17) is 15.3 Å². The molecule has 128 valence electrons. The van der Waals surface area contributed by atoms with E-state index in [0.717, 1.165) is 10.8 Å². The van der Waals surface area contributed by atoms with Crippen LogP contribution in [0.15, 0.2) is 15.8 Å². The summed E-state index contributed by atoms with van der Waals surface area (Å²) in [6.07, 6.45) is -3.32. The van der Waals surface area contributed by atoms with Crippen LogP contribution in [0.4, 0.5) is 0 Å². The van der Waals surface area contributed by atoms with Crippen LogP contribution in [0.3, 0.4) is 0 Å². The Morgan fingerprint density at radius 2 is 2.26 bits per heavy atom. The van der Waals surface area contributed by atoms with E-state index in [9.17, 15) is 24.6 Å². The molecule has 1 aromatic heterocycles. The minimum atomic E-state index is -1.16. The normalized spacial score (nSPS) is 27.1. The van der Waals surface area contributed by atoms with Gasteiger partial charge in [-0.25, -0.2) is 10.6 Å². The minimum absolute atomic E-state index is 0.0204.